The molecule has 0 aromatic rings. The van der Waals surface area contributed by atoms with Crippen molar-refractivity contribution in [1.29, 1.82) is 0 Å². The summed E-state index contributed by atoms with van der Waals surface area (Å²) in [4.78, 5) is 7.66. The highest BCUT2D eigenvalue weighted by Crippen LogP contribution is 2.00. The lowest BCUT2D eigenvalue weighted by atomic mass is 10.2. The fourth-order valence-corrected chi connectivity index (χ4v) is 0.831. The second kappa shape index (κ2) is 9.59. The first-order chi connectivity index (χ1) is 7.70. The van der Waals surface area contributed by atoms with Crippen LogP contribution in [0.4, 0.5) is 0 Å². The lowest BCUT2D eigenvalue weighted by Crippen LogP contribution is -1.72. The molecule has 0 aliphatic heterocycles. The van der Waals surface area contributed by atoms with Crippen molar-refractivity contribution in [2.75, 3.05) is 14.1 Å². The summed E-state index contributed by atoms with van der Waals surface area (Å²) in [5.41, 5.74) is 1.80. The van der Waals surface area contributed by atoms with Gasteiger partial charge in [-0.25, -0.2) is 0 Å². The molecule has 2 nitrogen and oxygen atoms in total. The van der Waals surface area contributed by atoms with Gasteiger partial charge < -0.3 is 0 Å². The molecule has 0 heterocycles. The van der Waals surface area contributed by atoms with Crippen molar-refractivity contribution in [3.8, 4) is 0 Å². The van der Waals surface area contributed by atoms with Gasteiger partial charge in [0.15, 0.2) is 0 Å². The van der Waals surface area contributed by atoms with Gasteiger partial charge in [0.25, 0.3) is 0 Å². The Morgan fingerprint density at radius 3 is 1.44 bits per heavy atom. The second-order valence-electron chi connectivity index (χ2n) is 3.02. The van der Waals surface area contributed by atoms with E-state index in [0.29, 0.717) is 0 Å². The Morgan fingerprint density at radius 2 is 1.12 bits per heavy atom. The maximum Gasteiger partial charge on any atom is 0.0277 e. The van der Waals surface area contributed by atoms with Crippen LogP contribution in [-0.2, 0) is 0 Å². The Hall–Kier alpha value is -1.96. The molecule has 0 saturated carbocycles. The topological polar surface area (TPSA) is 24.7 Å². The van der Waals surface area contributed by atoms with Gasteiger partial charge in [0.2, 0.25) is 0 Å². The molecule has 0 radical (unpaired) electrons. The summed E-state index contributed by atoms with van der Waals surface area (Å²) < 4.78 is 0. The summed E-state index contributed by atoms with van der Waals surface area (Å²) in [5, 5.41) is 0. The van der Waals surface area contributed by atoms with Gasteiger partial charge in [-0.05, 0) is 23.3 Å². The van der Waals surface area contributed by atoms with E-state index in [4.69, 9.17) is 0 Å². The van der Waals surface area contributed by atoms with Gasteiger partial charge in [-0.1, -0.05) is 37.5 Å². The minimum Gasteiger partial charge on any atom is -0.297 e. The zero-order valence-electron chi connectivity index (χ0n) is 9.93. The second-order valence-corrected chi connectivity index (χ2v) is 3.02. The van der Waals surface area contributed by atoms with Crippen LogP contribution in [0, 0.1) is 0 Å². The lowest BCUT2D eigenvalue weighted by molar-refractivity contribution is 1.47. The summed E-state index contributed by atoms with van der Waals surface area (Å²) >= 11 is 0. The predicted octanol–water partition coefficient (Wildman–Crippen LogP) is 3.17. The first-order valence-electron chi connectivity index (χ1n) is 4.94. The Balaban J connectivity index is 4.17. The van der Waals surface area contributed by atoms with E-state index in [1.165, 1.54) is 0 Å². The molecule has 16 heavy (non-hydrogen) atoms. The zero-order chi connectivity index (χ0) is 12.2. The van der Waals surface area contributed by atoms with Crippen LogP contribution in [0.3, 0.4) is 0 Å². The maximum atomic E-state index is 3.87. The third kappa shape index (κ3) is 8.63. The van der Waals surface area contributed by atoms with Crippen LogP contribution in [0.1, 0.15) is 0 Å². The molecule has 0 aliphatic carbocycles. The van der Waals surface area contributed by atoms with Gasteiger partial charge in [0.1, 0.15) is 0 Å². The van der Waals surface area contributed by atoms with Gasteiger partial charge in [0.05, 0.1) is 0 Å². The number of aliphatic imine (C=N–C) groups is 2. The highest BCUT2D eigenvalue weighted by molar-refractivity contribution is 5.72. The molecule has 0 unspecified atom stereocenters. The fourth-order valence-electron chi connectivity index (χ4n) is 0.831. The van der Waals surface area contributed by atoms with E-state index in [0.717, 1.165) is 11.1 Å². The molecule has 0 saturated heterocycles. The smallest absolute Gasteiger partial charge is 0.0277 e. The molecule has 0 aliphatic rings. The Morgan fingerprint density at radius 1 is 0.750 bits per heavy atom. The molecule has 0 rings (SSSR count). The van der Waals surface area contributed by atoms with Crippen molar-refractivity contribution in [2.45, 2.75) is 0 Å². The molecular weight excluding hydrogens is 196 g/mol. The van der Waals surface area contributed by atoms with E-state index < -0.39 is 0 Å². The molecule has 0 fully saturated rings. The fraction of sp³-hybridized carbons (Fsp3) is 0.143. The number of hydrogen-bond donors (Lipinski definition) is 0. The van der Waals surface area contributed by atoms with Crippen LogP contribution in [0.15, 0.2) is 70.7 Å². The van der Waals surface area contributed by atoms with Crippen molar-refractivity contribution in [3.63, 3.8) is 0 Å². The van der Waals surface area contributed by atoms with Crippen LogP contribution >= 0.6 is 0 Å². The molecule has 0 aromatic carbocycles. The maximum absolute atomic E-state index is 3.87. The Kier molecular flexibility index (Phi) is 8.41. The number of nitrogens with zero attached hydrogens (tertiary/aromatic N) is 2. The molecular formula is C14H18N2. The normalized spacial score (nSPS) is 12.9. The Labute approximate surface area is 97.8 Å². The van der Waals surface area contributed by atoms with Crippen molar-refractivity contribution in [3.05, 3.63) is 60.8 Å². The standard InChI is InChI=1S/C14H18N2/c1-13(7-5-11-15-3)9-10-14(2)8-6-12-16-4/h5-12H,1-2H2,3-4H3/b7-5-,8-6-,10-9-,15-11-,16-12-. The summed E-state index contributed by atoms with van der Waals surface area (Å²) in [6.07, 6.45) is 14.7. The molecule has 0 amide bonds. The molecule has 84 valence electrons. The summed E-state index contributed by atoms with van der Waals surface area (Å²) in [6.45, 7) is 7.74. The van der Waals surface area contributed by atoms with Crippen molar-refractivity contribution in [1.82, 2.24) is 0 Å². The zero-order valence-corrected chi connectivity index (χ0v) is 9.93. The number of rotatable bonds is 6. The van der Waals surface area contributed by atoms with Crippen LogP contribution < -0.4 is 0 Å². The molecule has 0 N–H and O–H groups in total. The van der Waals surface area contributed by atoms with Crippen LogP contribution in [0.25, 0.3) is 0 Å². The van der Waals surface area contributed by atoms with Gasteiger partial charge >= 0.3 is 0 Å². The predicted molar refractivity (Wildman–Crippen MR) is 74.5 cm³/mol. The number of hydrogen-bond acceptors (Lipinski definition) is 2. The van der Waals surface area contributed by atoms with E-state index in [1.54, 1.807) is 26.5 Å². The minimum absolute atomic E-state index is 0.901. The van der Waals surface area contributed by atoms with Gasteiger partial charge in [-0.2, -0.15) is 0 Å². The first kappa shape index (κ1) is 14.0. The van der Waals surface area contributed by atoms with Crippen LogP contribution in [0.5, 0.6) is 0 Å². The van der Waals surface area contributed by atoms with Crippen LogP contribution in [-0.4, -0.2) is 26.5 Å². The van der Waals surface area contributed by atoms with E-state index in [9.17, 15) is 0 Å². The quantitative estimate of drug-likeness (QED) is 0.479. The highest BCUT2D eigenvalue weighted by atomic mass is 14.6. The average molecular weight is 214 g/mol. The molecule has 0 aromatic heterocycles. The van der Waals surface area contributed by atoms with Crippen LogP contribution in [0.2, 0.25) is 0 Å². The van der Waals surface area contributed by atoms with Gasteiger partial charge in [-0.3, -0.25) is 9.98 Å². The monoisotopic (exact) mass is 214 g/mol. The van der Waals surface area contributed by atoms with Crippen molar-refractivity contribution >= 4 is 12.4 Å². The highest BCUT2D eigenvalue weighted by Gasteiger charge is 1.81. The first-order valence-corrected chi connectivity index (χ1v) is 4.94. The van der Waals surface area contributed by atoms with Gasteiger partial charge in [-0.15, -0.1) is 0 Å². The SMILES string of the molecule is C=C(/C=C\C=N/C)/C=C\C(=C)/C=C\C=N/C. The molecule has 0 atom stereocenters. The average Bonchev–Trinajstić information content (AvgIpc) is 2.27. The molecule has 0 bridgehead atoms. The van der Waals surface area contributed by atoms with E-state index in [1.807, 2.05) is 36.5 Å². The van der Waals surface area contributed by atoms with E-state index in [-0.39, 0.29) is 0 Å². The molecule has 2 heteroatoms. The van der Waals surface area contributed by atoms with Crippen molar-refractivity contribution < 1.29 is 0 Å². The lowest BCUT2D eigenvalue weighted by Gasteiger charge is -1.90. The third-order valence-corrected chi connectivity index (χ3v) is 1.60. The summed E-state index contributed by atoms with van der Waals surface area (Å²) in [7, 11) is 3.45. The molecule has 0 spiro atoms. The summed E-state index contributed by atoms with van der Waals surface area (Å²) in [5.74, 6) is 0. The van der Waals surface area contributed by atoms with Crippen molar-refractivity contribution in [2.24, 2.45) is 9.98 Å². The van der Waals surface area contributed by atoms with E-state index in [2.05, 4.69) is 23.1 Å². The third-order valence-electron chi connectivity index (χ3n) is 1.60. The number of allylic oxidation sites excluding steroid dienone is 8. The Bertz CT molecular complexity index is 330. The summed E-state index contributed by atoms with van der Waals surface area (Å²) in [6, 6.07) is 0. The van der Waals surface area contributed by atoms with Gasteiger partial charge in [0, 0.05) is 26.5 Å². The van der Waals surface area contributed by atoms with E-state index >= 15 is 0 Å². The minimum atomic E-state index is 0.901. The largest absolute Gasteiger partial charge is 0.297 e.